The summed E-state index contributed by atoms with van der Waals surface area (Å²) in [6.45, 7) is 2.62. The van der Waals surface area contributed by atoms with E-state index in [-0.39, 0.29) is 12.5 Å². The molecule has 1 fully saturated rings. The molecule has 0 unspecified atom stereocenters. The highest BCUT2D eigenvalue weighted by Gasteiger charge is 2.25. The summed E-state index contributed by atoms with van der Waals surface area (Å²) in [5.74, 6) is -0.782. The first-order chi connectivity index (χ1) is 10.2. The van der Waals surface area contributed by atoms with Crippen LogP contribution in [0.5, 0.6) is 0 Å². The molecule has 1 aromatic heterocycles. The van der Waals surface area contributed by atoms with Gasteiger partial charge in [0.25, 0.3) is 0 Å². The smallest absolute Gasteiger partial charge is 0.305 e. The van der Waals surface area contributed by atoms with Crippen molar-refractivity contribution < 1.29 is 14.6 Å². The number of rotatable bonds is 4. The van der Waals surface area contributed by atoms with Gasteiger partial charge >= 0.3 is 5.97 Å². The van der Waals surface area contributed by atoms with Gasteiger partial charge in [0.2, 0.25) is 0 Å². The second kappa shape index (κ2) is 6.20. The molecule has 1 aliphatic heterocycles. The molecule has 0 aliphatic carbocycles. The number of hydrogen-bond acceptors (Lipinski definition) is 4. The molecule has 1 atom stereocenters. The second-order valence-electron chi connectivity index (χ2n) is 5.28. The minimum atomic E-state index is -0.782. The fourth-order valence-corrected chi connectivity index (χ4v) is 2.80. The minimum Gasteiger partial charge on any atom is -0.481 e. The van der Waals surface area contributed by atoms with E-state index < -0.39 is 5.97 Å². The lowest BCUT2D eigenvalue weighted by atomic mass is 10.1. The molecule has 2 heterocycles. The molecule has 2 aromatic rings. The van der Waals surface area contributed by atoms with Crippen molar-refractivity contribution in [3.05, 3.63) is 42.1 Å². The number of ether oxygens (including phenoxy) is 1. The van der Waals surface area contributed by atoms with Gasteiger partial charge in [0.05, 0.1) is 25.2 Å². The molecular weight excluding hydrogens is 268 g/mol. The highest BCUT2D eigenvalue weighted by Crippen LogP contribution is 2.21. The SMILES string of the molecule is O=C(O)C[C@@H]1COCCN1Cc1ccnc2ccccc12. The van der Waals surface area contributed by atoms with E-state index in [9.17, 15) is 4.79 Å². The number of carbonyl (C=O) groups is 1. The van der Waals surface area contributed by atoms with Crippen LogP contribution in [0.15, 0.2) is 36.5 Å². The summed E-state index contributed by atoms with van der Waals surface area (Å²) in [6, 6.07) is 9.97. The van der Waals surface area contributed by atoms with Crippen LogP contribution < -0.4 is 0 Å². The van der Waals surface area contributed by atoms with Crippen molar-refractivity contribution in [2.45, 2.75) is 19.0 Å². The van der Waals surface area contributed by atoms with Crippen LogP contribution in [-0.4, -0.2) is 46.8 Å². The highest BCUT2D eigenvalue weighted by molar-refractivity contribution is 5.81. The zero-order valence-electron chi connectivity index (χ0n) is 11.7. The number of nitrogens with zero attached hydrogens (tertiary/aromatic N) is 2. The van der Waals surface area contributed by atoms with Gasteiger partial charge in [0, 0.05) is 30.7 Å². The molecule has 21 heavy (non-hydrogen) atoms. The number of morpholine rings is 1. The van der Waals surface area contributed by atoms with Crippen molar-refractivity contribution >= 4 is 16.9 Å². The van der Waals surface area contributed by atoms with Gasteiger partial charge in [-0.2, -0.15) is 0 Å². The average Bonchev–Trinajstić information content (AvgIpc) is 2.49. The number of aliphatic carboxylic acids is 1. The van der Waals surface area contributed by atoms with Gasteiger partial charge in [-0.1, -0.05) is 18.2 Å². The zero-order valence-corrected chi connectivity index (χ0v) is 11.7. The molecule has 1 aromatic carbocycles. The number of hydrogen-bond donors (Lipinski definition) is 1. The first-order valence-corrected chi connectivity index (χ1v) is 7.10. The third-order valence-corrected chi connectivity index (χ3v) is 3.87. The molecule has 1 N–H and O–H groups in total. The number of benzene rings is 1. The van der Waals surface area contributed by atoms with E-state index in [1.165, 1.54) is 5.56 Å². The lowest BCUT2D eigenvalue weighted by Gasteiger charge is -2.35. The summed E-state index contributed by atoms with van der Waals surface area (Å²) >= 11 is 0. The molecule has 1 saturated heterocycles. The standard InChI is InChI=1S/C16H18N2O3/c19-16(20)9-13-11-21-8-7-18(13)10-12-5-6-17-15-4-2-1-3-14(12)15/h1-6,13H,7-11H2,(H,19,20)/t13-/m1/s1. The van der Waals surface area contributed by atoms with E-state index in [1.807, 2.05) is 30.5 Å². The predicted molar refractivity (Wildman–Crippen MR) is 79.0 cm³/mol. The van der Waals surface area contributed by atoms with Crippen LogP contribution in [-0.2, 0) is 16.1 Å². The molecule has 0 radical (unpaired) electrons. The normalized spacial score (nSPS) is 19.7. The summed E-state index contributed by atoms with van der Waals surface area (Å²) < 4.78 is 5.42. The fraction of sp³-hybridized carbons (Fsp3) is 0.375. The summed E-state index contributed by atoms with van der Waals surface area (Å²) in [6.07, 6.45) is 1.92. The molecule has 110 valence electrons. The number of pyridine rings is 1. The number of fused-ring (bicyclic) bond motifs is 1. The molecule has 3 rings (SSSR count). The van der Waals surface area contributed by atoms with Crippen LogP contribution >= 0.6 is 0 Å². The number of carboxylic acid groups (broad SMARTS) is 1. The molecule has 5 heteroatoms. The third-order valence-electron chi connectivity index (χ3n) is 3.87. The summed E-state index contributed by atoms with van der Waals surface area (Å²) in [4.78, 5) is 17.5. The lowest BCUT2D eigenvalue weighted by Crippen LogP contribution is -2.45. The van der Waals surface area contributed by atoms with Crippen LogP contribution in [0.25, 0.3) is 10.9 Å². The van der Waals surface area contributed by atoms with Crippen molar-refractivity contribution in [2.75, 3.05) is 19.8 Å². The lowest BCUT2D eigenvalue weighted by molar-refractivity contribution is -0.140. The van der Waals surface area contributed by atoms with Crippen LogP contribution in [0, 0.1) is 0 Å². The van der Waals surface area contributed by atoms with Gasteiger partial charge in [0.15, 0.2) is 0 Å². The fourth-order valence-electron chi connectivity index (χ4n) is 2.80. The Balaban J connectivity index is 1.84. The molecule has 1 aliphatic rings. The highest BCUT2D eigenvalue weighted by atomic mass is 16.5. The monoisotopic (exact) mass is 286 g/mol. The van der Waals surface area contributed by atoms with Crippen LogP contribution in [0.2, 0.25) is 0 Å². The van der Waals surface area contributed by atoms with Gasteiger partial charge < -0.3 is 9.84 Å². The topological polar surface area (TPSA) is 62.7 Å². The molecular formula is C16H18N2O3. The Morgan fingerprint density at radius 3 is 3.10 bits per heavy atom. The Hall–Kier alpha value is -1.98. The van der Waals surface area contributed by atoms with Gasteiger partial charge in [-0.25, -0.2) is 0 Å². The van der Waals surface area contributed by atoms with Gasteiger partial charge in [0.1, 0.15) is 0 Å². The summed E-state index contributed by atoms with van der Waals surface area (Å²) in [5.41, 5.74) is 2.15. The number of carboxylic acids is 1. The van der Waals surface area contributed by atoms with Crippen molar-refractivity contribution in [1.82, 2.24) is 9.88 Å². The zero-order chi connectivity index (χ0) is 14.7. The number of aromatic nitrogens is 1. The first-order valence-electron chi connectivity index (χ1n) is 7.10. The Morgan fingerprint density at radius 2 is 2.24 bits per heavy atom. The van der Waals surface area contributed by atoms with E-state index in [1.54, 1.807) is 0 Å². The van der Waals surface area contributed by atoms with Crippen LogP contribution in [0.1, 0.15) is 12.0 Å². The quantitative estimate of drug-likeness (QED) is 0.930. The van der Waals surface area contributed by atoms with Gasteiger partial charge in [-0.3, -0.25) is 14.7 Å². The Bertz CT molecular complexity index is 639. The Kier molecular flexibility index (Phi) is 4.13. The van der Waals surface area contributed by atoms with E-state index in [4.69, 9.17) is 9.84 Å². The van der Waals surface area contributed by atoms with Crippen molar-refractivity contribution in [3.63, 3.8) is 0 Å². The molecule has 0 bridgehead atoms. The van der Waals surface area contributed by atoms with Crippen molar-refractivity contribution in [2.24, 2.45) is 0 Å². The van der Waals surface area contributed by atoms with Gasteiger partial charge in [-0.05, 0) is 17.7 Å². The molecule has 0 amide bonds. The van der Waals surface area contributed by atoms with E-state index in [0.717, 1.165) is 24.0 Å². The maximum Gasteiger partial charge on any atom is 0.305 e. The maximum atomic E-state index is 11.0. The van der Waals surface area contributed by atoms with Crippen molar-refractivity contribution in [3.8, 4) is 0 Å². The molecule has 0 saturated carbocycles. The Morgan fingerprint density at radius 1 is 1.38 bits per heavy atom. The van der Waals surface area contributed by atoms with E-state index in [0.29, 0.717) is 13.2 Å². The predicted octanol–water partition coefficient (Wildman–Crippen LogP) is 1.91. The summed E-state index contributed by atoms with van der Waals surface area (Å²) in [7, 11) is 0. The van der Waals surface area contributed by atoms with Gasteiger partial charge in [-0.15, -0.1) is 0 Å². The van der Waals surface area contributed by atoms with Crippen molar-refractivity contribution in [1.29, 1.82) is 0 Å². The molecule has 0 spiro atoms. The summed E-state index contributed by atoms with van der Waals surface area (Å²) in [5, 5.41) is 10.2. The van der Waals surface area contributed by atoms with E-state index >= 15 is 0 Å². The average molecular weight is 286 g/mol. The third kappa shape index (κ3) is 3.20. The number of para-hydroxylation sites is 1. The largest absolute Gasteiger partial charge is 0.481 e. The minimum absolute atomic E-state index is 0.0665. The van der Waals surface area contributed by atoms with E-state index in [2.05, 4.69) is 16.0 Å². The second-order valence-corrected chi connectivity index (χ2v) is 5.28. The van der Waals surface area contributed by atoms with Crippen LogP contribution in [0.3, 0.4) is 0 Å². The maximum absolute atomic E-state index is 11.0. The Labute approximate surface area is 123 Å². The first kappa shape index (κ1) is 14.0. The molecule has 5 nitrogen and oxygen atoms in total. The van der Waals surface area contributed by atoms with Crippen LogP contribution in [0.4, 0.5) is 0 Å².